The van der Waals surface area contributed by atoms with Crippen LogP contribution in [0.3, 0.4) is 0 Å². The van der Waals surface area contributed by atoms with E-state index in [0.29, 0.717) is 11.2 Å². The van der Waals surface area contributed by atoms with Crippen molar-refractivity contribution >= 4 is 27.6 Å². The van der Waals surface area contributed by atoms with Crippen molar-refractivity contribution in [1.82, 2.24) is 30.4 Å². The Kier molecular flexibility index (Phi) is 5.30. The van der Waals surface area contributed by atoms with E-state index >= 15 is 0 Å². The van der Waals surface area contributed by atoms with Gasteiger partial charge in [0.05, 0.1) is 6.54 Å². The van der Waals surface area contributed by atoms with Crippen molar-refractivity contribution < 1.29 is 4.79 Å². The number of carbonyl (C=O) groups is 1. The first kappa shape index (κ1) is 17.2. The third-order valence-corrected chi connectivity index (χ3v) is 5.80. The largest absolute Gasteiger partial charge is 0.348 e. The maximum absolute atomic E-state index is 12.0. The molecule has 2 aromatic heterocycles. The molecule has 0 unspecified atom stereocenters. The molecule has 1 aliphatic carbocycles. The van der Waals surface area contributed by atoms with Crippen molar-refractivity contribution in [3.8, 4) is 0 Å². The van der Waals surface area contributed by atoms with E-state index in [4.69, 9.17) is 0 Å². The van der Waals surface area contributed by atoms with Gasteiger partial charge in [0.25, 0.3) is 0 Å². The summed E-state index contributed by atoms with van der Waals surface area (Å²) in [5.74, 6) is 0.995. The van der Waals surface area contributed by atoms with E-state index in [9.17, 15) is 4.79 Å². The Morgan fingerprint density at radius 2 is 2.04 bits per heavy atom. The van der Waals surface area contributed by atoms with Crippen molar-refractivity contribution in [2.45, 2.75) is 38.3 Å². The van der Waals surface area contributed by atoms with E-state index in [1.165, 1.54) is 24.2 Å². The van der Waals surface area contributed by atoms with Gasteiger partial charge in [-0.2, -0.15) is 0 Å². The molecule has 1 aliphatic heterocycles. The molecule has 26 heavy (non-hydrogen) atoms. The fraction of sp³-hybridized carbons (Fsp3) is 0.625. The fourth-order valence-corrected chi connectivity index (χ4v) is 4.27. The monoisotopic (exact) mass is 376 g/mol. The number of nitrogens with zero attached hydrogens (tertiary/aromatic N) is 5. The van der Waals surface area contributed by atoms with Crippen LogP contribution in [-0.4, -0.2) is 63.3 Å². The van der Waals surface area contributed by atoms with Crippen LogP contribution in [0.15, 0.2) is 12.4 Å². The van der Waals surface area contributed by atoms with Gasteiger partial charge >= 0.3 is 6.03 Å². The molecule has 1 saturated heterocycles. The zero-order valence-corrected chi connectivity index (χ0v) is 15.5. The quantitative estimate of drug-likeness (QED) is 0.733. The Balaban J connectivity index is 1.25. The number of hydrogen-bond acceptors (Lipinski definition) is 7. The molecule has 2 fully saturated rings. The number of piperazine rings is 1. The van der Waals surface area contributed by atoms with Crippen LogP contribution in [0.5, 0.6) is 0 Å². The molecule has 3 N–H and O–H groups in total. The first-order chi connectivity index (χ1) is 12.8. The van der Waals surface area contributed by atoms with Gasteiger partial charge in [0, 0.05) is 44.6 Å². The van der Waals surface area contributed by atoms with Crippen LogP contribution in [0, 0.1) is 0 Å². The van der Waals surface area contributed by atoms with Gasteiger partial charge in [-0.1, -0.05) is 24.2 Å². The molecule has 2 aliphatic rings. The Morgan fingerprint density at radius 1 is 1.23 bits per heavy atom. The van der Waals surface area contributed by atoms with Gasteiger partial charge in [-0.05, 0) is 12.8 Å². The van der Waals surface area contributed by atoms with Crippen molar-refractivity contribution in [3.05, 3.63) is 18.2 Å². The summed E-state index contributed by atoms with van der Waals surface area (Å²) in [5, 5.41) is 15.6. The van der Waals surface area contributed by atoms with Crippen LogP contribution in [0.4, 0.5) is 15.1 Å². The topological polar surface area (TPSA) is 102 Å². The number of carbonyl (C=O) groups excluding carboxylic acids is 1. The van der Waals surface area contributed by atoms with Crippen molar-refractivity contribution in [2.75, 3.05) is 36.4 Å². The molecular formula is C16H24N8OS. The summed E-state index contributed by atoms with van der Waals surface area (Å²) in [6.45, 7) is 4.52. The lowest BCUT2D eigenvalue weighted by molar-refractivity contribution is 0.244. The van der Waals surface area contributed by atoms with E-state index in [1.807, 2.05) is 6.20 Å². The minimum Gasteiger partial charge on any atom is -0.348 e. The number of aromatic nitrogens is 4. The van der Waals surface area contributed by atoms with Gasteiger partial charge in [0.15, 0.2) is 0 Å². The van der Waals surface area contributed by atoms with Gasteiger partial charge in [-0.3, -0.25) is 10.2 Å². The van der Waals surface area contributed by atoms with Crippen molar-refractivity contribution in [3.63, 3.8) is 0 Å². The Labute approximate surface area is 156 Å². The normalized spacial score (nSPS) is 19.0. The predicted molar refractivity (Wildman–Crippen MR) is 100 cm³/mol. The SMILES string of the molecule is O=C(Nc1nnc(N2CCN(Cc3ncc[nH]3)CC2)s1)NC1CCCC1. The number of urea groups is 1. The molecule has 10 heteroatoms. The summed E-state index contributed by atoms with van der Waals surface area (Å²) in [6.07, 6.45) is 8.15. The highest BCUT2D eigenvalue weighted by atomic mass is 32.1. The molecule has 0 spiro atoms. The molecule has 0 aromatic carbocycles. The number of anilines is 2. The van der Waals surface area contributed by atoms with Crippen LogP contribution >= 0.6 is 11.3 Å². The van der Waals surface area contributed by atoms with Crippen LogP contribution in [-0.2, 0) is 6.54 Å². The molecule has 0 radical (unpaired) electrons. The number of hydrogen-bond donors (Lipinski definition) is 3. The van der Waals surface area contributed by atoms with Crippen LogP contribution in [0.1, 0.15) is 31.5 Å². The second kappa shape index (κ2) is 8.00. The average Bonchev–Trinajstić information content (AvgIpc) is 3.38. The molecule has 0 atom stereocenters. The molecular weight excluding hydrogens is 352 g/mol. The summed E-state index contributed by atoms with van der Waals surface area (Å²) >= 11 is 1.43. The summed E-state index contributed by atoms with van der Waals surface area (Å²) in [6, 6.07) is 0.118. The summed E-state index contributed by atoms with van der Waals surface area (Å²) in [5.41, 5.74) is 0. The molecule has 140 valence electrons. The van der Waals surface area contributed by atoms with E-state index in [1.54, 1.807) is 6.20 Å². The summed E-state index contributed by atoms with van der Waals surface area (Å²) < 4.78 is 0. The van der Waals surface area contributed by atoms with Crippen LogP contribution in [0.25, 0.3) is 0 Å². The van der Waals surface area contributed by atoms with Gasteiger partial charge in [-0.25, -0.2) is 9.78 Å². The summed E-state index contributed by atoms with van der Waals surface area (Å²) in [7, 11) is 0. The Bertz CT molecular complexity index is 704. The lowest BCUT2D eigenvalue weighted by Gasteiger charge is -2.33. The number of H-pyrrole nitrogens is 1. The second-order valence-corrected chi connectivity index (χ2v) is 7.72. The van der Waals surface area contributed by atoms with Gasteiger partial charge in [0.2, 0.25) is 10.3 Å². The molecule has 1 saturated carbocycles. The van der Waals surface area contributed by atoms with E-state index in [2.05, 4.69) is 40.6 Å². The standard InChI is InChI=1S/C16H24N8OS/c25-14(19-12-3-1-2-4-12)20-15-21-22-16(26-15)24-9-7-23(8-10-24)11-13-17-5-6-18-13/h5-6,12H,1-4,7-11H2,(H,17,18)(H2,19,20,21,25). The van der Waals surface area contributed by atoms with E-state index in [0.717, 1.165) is 56.5 Å². The maximum Gasteiger partial charge on any atom is 0.321 e. The zero-order valence-electron chi connectivity index (χ0n) is 14.6. The van der Waals surface area contributed by atoms with Gasteiger partial charge < -0.3 is 15.2 Å². The lowest BCUT2D eigenvalue weighted by atomic mass is 10.3. The smallest absolute Gasteiger partial charge is 0.321 e. The minimum absolute atomic E-state index is 0.178. The highest BCUT2D eigenvalue weighted by Gasteiger charge is 2.22. The van der Waals surface area contributed by atoms with E-state index < -0.39 is 0 Å². The maximum atomic E-state index is 12.0. The molecule has 3 heterocycles. The van der Waals surface area contributed by atoms with E-state index in [-0.39, 0.29) is 6.03 Å². The fourth-order valence-electron chi connectivity index (χ4n) is 3.48. The van der Waals surface area contributed by atoms with Crippen molar-refractivity contribution in [1.29, 1.82) is 0 Å². The molecule has 2 aromatic rings. The Morgan fingerprint density at radius 3 is 2.77 bits per heavy atom. The average molecular weight is 376 g/mol. The summed E-state index contributed by atoms with van der Waals surface area (Å²) in [4.78, 5) is 24.0. The first-order valence-electron chi connectivity index (χ1n) is 9.13. The van der Waals surface area contributed by atoms with Gasteiger partial charge in [-0.15, -0.1) is 10.2 Å². The zero-order chi connectivity index (χ0) is 17.8. The molecule has 2 amide bonds. The highest BCUT2D eigenvalue weighted by Crippen LogP contribution is 2.25. The highest BCUT2D eigenvalue weighted by molar-refractivity contribution is 7.19. The van der Waals surface area contributed by atoms with Crippen molar-refractivity contribution in [2.24, 2.45) is 0 Å². The Hall–Kier alpha value is -2.20. The van der Waals surface area contributed by atoms with Crippen LogP contribution < -0.4 is 15.5 Å². The first-order valence-corrected chi connectivity index (χ1v) is 9.94. The number of imidazole rings is 1. The lowest BCUT2D eigenvalue weighted by Crippen LogP contribution is -2.46. The van der Waals surface area contributed by atoms with Gasteiger partial charge in [0.1, 0.15) is 5.82 Å². The molecule has 0 bridgehead atoms. The number of amides is 2. The number of rotatable bonds is 5. The third-order valence-electron chi connectivity index (χ3n) is 4.90. The minimum atomic E-state index is -0.178. The third kappa shape index (κ3) is 4.31. The predicted octanol–water partition coefficient (Wildman–Crippen LogP) is 1.65. The molecule has 4 rings (SSSR count). The molecule has 9 nitrogen and oxygen atoms in total. The number of aromatic amines is 1. The second-order valence-electron chi connectivity index (χ2n) is 6.77. The number of nitrogens with one attached hydrogen (secondary N) is 3. The van der Waals surface area contributed by atoms with Crippen LogP contribution in [0.2, 0.25) is 0 Å².